The first kappa shape index (κ1) is 15.7. The van der Waals surface area contributed by atoms with Crippen LogP contribution in [0.4, 0.5) is 10.8 Å². The number of aromatic nitrogens is 1. The highest BCUT2D eigenvalue weighted by molar-refractivity contribution is 7.22. The number of fused-ring (bicyclic) bond motifs is 1. The van der Waals surface area contributed by atoms with Crippen molar-refractivity contribution in [2.45, 2.75) is 6.92 Å². The summed E-state index contributed by atoms with van der Waals surface area (Å²) in [7, 11) is 1.89. The molecule has 1 aromatic carbocycles. The Balaban J connectivity index is 1.89. The Kier molecular flexibility index (Phi) is 5.49. The minimum Gasteiger partial charge on any atom is -0.399 e. The molecule has 0 aliphatic carbocycles. The Morgan fingerprint density at radius 2 is 2.33 bits per heavy atom. The third kappa shape index (κ3) is 4.66. The molecule has 7 heteroatoms. The van der Waals surface area contributed by atoms with Crippen molar-refractivity contribution in [3.63, 3.8) is 0 Å². The molecule has 0 aliphatic rings. The number of nitrogens with zero attached hydrogens (tertiary/aromatic N) is 2. The van der Waals surface area contributed by atoms with Gasteiger partial charge in [0.2, 0.25) is 5.91 Å². The second-order valence-corrected chi connectivity index (χ2v) is 5.76. The van der Waals surface area contributed by atoms with Gasteiger partial charge in [-0.25, -0.2) is 4.98 Å². The summed E-state index contributed by atoms with van der Waals surface area (Å²) in [6.07, 6.45) is 0. The van der Waals surface area contributed by atoms with E-state index >= 15 is 0 Å². The second-order valence-electron chi connectivity index (χ2n) is 4.73. The summed E-state index contributed by atoms with van der Waals surface area (Å²) in [6, 6.07) is 5.51. The fourth-order valence-corrected chi connectivity index (χ4v) is 2.77. The van der Waals surface area contributed by atoms with E-state index in [0.717, 1.165) is 16.8 Å². The molecule has 114 valence electrons. The van der Waals surface area contributed by atoms with E-state index in [1.807, 2.05) is 31.0 Å². The van der Waals surface area contributed by atoms with Crippen molar-refractivity contribution in [1.29, 1.82) is 0 Å². The van der Waals surface area contributed by atoms with Crippen LogP contribution >= 0.6 is 11.3 Å². The van der Waals surface area contributed by atoms with Gasteiger partial charge in [-0.05, 0) is 32.2 Å². The number of nitrogens with one attached hydrogen (secondary N) is 1. The van der Waals surface area contributed by atoms with E-state index in [9.17, 15) is 4.79 Å². The summed E-state index contributed by atoms with van der Waals surface area (Å²) in [4.78, 5) is 18.2. The third-order valence-corrected chi connectivity index (χ3v) is 3.83. The number of amides is 1. The van der Waals surface area contributed by atoms with Gasteiger partial charge >= 0.3 is 0 Å². The zero-order chi connectivity index (χ0) is 15.2. The molecule has 0 unspecified atom stereocenters. The molecule has 0 aliphatic heterocycles. The Hall–Kier alpha value is -1.70. The van der Waals surface area contributed by atoms with Crippen LogP contribution in [0.5, 0.6) is 0 Å². The van der Waals surface area contributed by atoms with Crippen LogP contribution in [0.1, 0.15) is 6.92 Å². The van der Waals surface area contributed by atoms with Crippen molar-refractivity contribution in [2.24, 2.45) is 0 Å². The van der Waals surface area contributed by atoms with Crippen molar-refractivity contribution < 1.29 is 9.53 Å². The minimum absolute atomic E-state index is 0.0824. The van der Waals surface area contributed by atoms with Gasteiger partial charge in [0, 0.05) is 18.8 Å². The van der Waals surface area contributed by atoms with Crippen molar-refractivity contribution >= 4 is 38.3 Å². The molecule has 3 N–H and O–H groups in total. The first-order valence-corrected chi connectivity index (χ1v) is 7.62. The molecule has 0 radical (unpaired) electrons. The number of benzene rings is 1. The summed E-state index contributed by atoms with van der Waals surface area (Å²) >= 11 is 1.42. The van der Waals surface area contributed by atoms with Gasteiger partial charge in [0.1, 0.15) is 0 Å². The van der Waals surface area contributed by atoms with Gasteiger partial charge < -0.3 is 15.8 Å². The van der Waals surface area contributed by atoms with E-state index in [0.29, 0.717) is 30.6 Å². The number of carbonyl (C=O) groups excluding carboxylic acids is 1. The molecule has 0 atom stereocenters. The van der Waals surface area contributed by atoms with E-state index in [4.69, 9.17) is 10.5 Å². The number of likely N-dealkylation sites (N-methyl/N-ethyl adjacent to an activating group) is 1. The summed E-state index contributed by atoms with van der Waals surface area (Å²) < 4.78 is 6.23. The maximum absolute atomic E-state index is 11.9. The van der Waals surface area contributed by atoms with Crippen LogP contribution in [0.2, 0.25) is 0 Å². The quantitative estimate of drug-likeness (QED) is 0.602. The fourth-order valence-electron chi connectivity index (χ4n) is 1.84. The number of rotatable bonds is 7. The molecule has 0 spiro atoms. The van der Waals surface area contributed by atoms with Crippen LogP contribution in [0, 0.1) is 0 Å². The van der Waals surface area contributed by atoms with E-state index < -0.39 is 0 Å². The smallest absolute Gasteiger partial charge is 0.240 e. The molecule has 2 rings (SSSR count). The van der Waals surface area contributed by atoms with Gasteiger partial charge in [0.05, 0.1) is 23.4 Å². The fraction of sp³-hybridized carbons (Fsp3) is 0.429. The standard InChI is InChI=1S/C14H20N4O2S/c1-3-20-7-6-18(2)9-13(19)17-14-16-11-5-4-10(15)8-12(11)21-14/h4-5,8H,3,6-7,9,15H2,1-2H3,(H,16,17,19). The minimum atomic E-state index is -0.0824. The summed E-state index contributed by atoms with van der Waals surface area (Å²) in [5.74, 6) is -0.0824. The van der Waals surface area contributed by atoms with Crippen molar-refractivity contribution in [3.8, 4) is 0 Å². The number of thiazole rings is 1. The normalized spacial score (nSPS) is 11.2. The lowest BCUT2D eigenvalue weighted by Crippen LogP contribution is -2.32. The molecule has 1 heterocycles. The zero-order valence-electron chi connectivity index (χ0n) is 12.3. The van der Waals surface area contributed by atoms with Crippen LogP contribution in [-0.4, -0.2) is 49.1 Å². The van der Waals surface area contributed by atoms with Crippen molar-refractivity contribution in [1.82, 2.24) is 9.88 Å². The average Bonchev–Trinajstić information content (AvgIpc) is 2.79. The number of anilines is 2. The first-order chi connectivity index (χ1) is 10.1. The Morgan fingerprint density at radius 3 is 3.10 bits per heavy atom. The van der Waals surface area contributed by atoms with Crippen molar-refractivity contribution in [3.05, 3.63) is 18.2 Å². The van der Waals surface area contributed by atoms with Gasteiger partial charge in [0.25, 0.3) is 0 Å². The highest BCUT2D eigenvalue weighted by Gasteiger charge is 2.10. The summed E-state index contributed by atoms with van der Waals surface area (Å²) in [5, 5.41) is 3.41. The molecule has 0 saturated heterocycles. The van der Waals surface area contributed by atoms with Gasteiger partial charge in [-0.15, -0.1) is 0 Å². The predicted molar refractivity (Wildman–Crippen MR) is 86.7 cm³/mol. The SMILES string of the molecule is CCOCCN(C)CC(=O)Nc1nc2ccc(N)cc2s1. The molecule has 21 heavy (non-hydrogen) atoms. The zero-order valence-corrected chi connectivity index (χ0v) is 13.1. The van der Waals surface area contributed by atoms with Crippen LogP contribution in [0.3, 0.4) is 0 Å². The molecule has 0 bridgehead atoms. The number of ether oxygens (including phenoxy) is 1. The highest BCUT2D eigenvalue weighted by Crippen LogP contribution is 2.27. The van der Waals surface area contributed by atoms with Crippen LogP contribution in [0.15, 0.2) is 18.2 Å². The lowest BCUT2D eigenvalue weighted by molar-refractivity contribution is -0.117. The van der Waals surface area contributed by atoms with Gasteiger partial charge in [-0.2, -0.15) is 0 Å². The van der Waals surface area contributed by atoms with Crippen molar-refractivity contribution in [2.75, 3.05) is 44.4 Å². The molecule has 1 aromatic heterocycles. The third-order valence-electron chi connectivity index (χ3n) is 2.89. The van der Waals surface area contributed by atoms with Crippen LogP contribution < -0.4 is 11.1 Å². The second kappa shape index (κ2) is 7.35. The largest absolute Gasteiger partial charge is 0.399 e. The first-order valence-electron chi connectivity index (χ1n) is 6.80. The Labute approximate surface area is 127 Å². The summed E-state index contributed by atoms with van der Waals surface area (Å²) in [6.45, 7) is 4.30. The van der Waals surface area contributed by atoms with Crippen LogP contribution in [0.25, 0.3) is 10.2 Å². The van der Waals surface area contributed by atoms with E-state index in [-0.39, 0.29) is 5.91 Å². The number of hydrogen-bond acceptors (Lipinski definition) is 6. The predicted octanol–water partition coefficient (Wildman–Crippen LogP) is 1.79. The molecule has 2 aromatic rings. The Bertz CT molecular complexity index is 614. The highest BCUT2D eigenvalue weighted by atomic mass is 32.1. The van der Waals surface area contributed by atoms with Gasteiger partial charge in [-0.3, -0.25) is 9.69 Å². The monoisotopic (exact) mass is 308 g/mol. The maximum Gasteiger partial charge on any atom is 0.240 e. The van der Waals surface area contributed by atoms with Crippen LogP contribution in [-0.2, 0) is 9.53 Å². The Morgan fingerprint density at radius 1 is 1.52 bits per heavy atom. The lowest BCUT2D eigenvalue weighted by Gasteiger charge is -2.15. The van der Waals surface area contributed by atoms with E-state index in [2.05, 4.69) is 10.3 Å². The molecule has 0 saturated carbocycles. The molecule has 1 amide bonds. The molecule has 6 nitrogen and oxygen atoms in total. The number of hydrogen-bond donors (Lipinski definition) is 2. The van der Waals surface area contributed by atoms with Gasteiger partial charge in [0.15, 0.2) is 5.13 Å². The maximum atomic E-state index is 11.9. The molecule has 0 fully saturated rings. The average molecular weight is 308 g/mol. The molecular weight excluding hydrogens is 288 g/mol. The topological polar surface area (TPSA) is 80.5 Å². The number of nitrogens with two attached hydrogens (primary N) is 1. The molecular formula is C14H20N4O2S. The van der Waals surface area contributed by atoms with Gasteiger partial charge in [-0.1, -0.05) is 11.3 Å². The van der Waals surface area contributed by atoms with E-state index in [1.54, 1.807) is 6.07 Å². The number of nitrogen functional groups attached to an aromatic ring is 1. The van der Waals surface area contributed by atoms with E-state index in [1.165, 1.54) is 11.3 Å². The summed E-state index contributed by atoms with van der Waals surface area (Å²) in [5.41, 5.74) is 7.27. The lowest BCUT2D eigenvalue weighted by atomic mass is 10.3. The number of carbonyl (C=O) groups is 1.